The van der Waals surface area contributed by atoms with Crippen LogP contribution in [-0.2, 0) is 4.74 Å². The Balaban J connectivity index is 1.34. The maximum Gasteiger partial charge on any atom is 0.409 e. The predicted octanol–water partition coefficient (Wildman–Crippen LogP) is 3.67. The highest BCUT2D eigenvalue weighted by molar-refractivity contribution is 5.68. The highest BCUT2D eigenvalue weighted by Gasteiger charge is 2.36. The van der Waals surface area contributed by atoms with Gasteiger partial charge in [-0.25, -0.2) is 4.79 Å². The van der Waals surface area contributed by atoms with Crippen molar-refractivity contribution in [3.63, 3.8) is 0 Å². The Morgan fingerprint density at radius 2 is 1.96 bits per heavy atom. The van der Waals surface area contributed by atoms with Crippen molar-refractivity contribution in [3.05, 3.63) is 47.9 Å². The van der Waals surface area contributed by atoms with Gasteiger partial charge in [0.05, 0.1) is 6.61 Å². The molecule has 5 nitrogen and oxygen atoms in total. The van der Waals surface area contributed by atoms with E-state index in [2.05, 4.69) is 40.7 Å². The molecule has 146 valence electrons. The van der Waals surface area contributed by atoms with Crippen molar-refractivity contribution in [1.29, 1.82) is 0 Å². The molecule has 4 rings (SSSR count). The van der Waals surface area contributed by atoms with Gasteiger partial charge in [-0.05, 0) is 31.8 Å². The fraction of sp³-hybridized carbons (Fsp3) is 0.591. The van der Waals surface area contributed by atoms with Gasteiger partial charge in [0.2, 0.25) is 0 Å². The van der Waals surface area contributed by atoms with Crippen molar-refractivity contribution in [3.8, 4) is 0 Å². The number of piperidine rings is 1. The molecule has 0 bridgehead atoms. The van der Waals surface area contributed by atoms with Crippen molar-refractivity contribution in [1.82, 2.24) is 14.7 Å². The molecule has 0 spiro atoms. The van der Waals surface area contributed by atoms with Crippen molar-refractivity contribution in [2.24, 2.45) is 0 Å². The van der Waals surface area contributed by atoms with Crippen LogP contribution in [0.5, 0.6) is 0 Å². The average Bonchev–Trinajstić information content (AvgIpc) is 3.21. The van der Waals surface area contributed by atoms with Gasteiger partial charge in [0, 0.05) is 62.5 Å². The van der Waals surface area contributed by atoms with Crippen LogP contribution in [0.3, 0.4) is 0 Å². The zero-order valence-corrected chi connectivity index (χ0v) is 16.4. The van der Waals surface area contributed by atoms with E-state index in [0.29, 0.717) is 18.7 Å². The number of ether oxygens (including phenoxy) is 1. The number of carbonyl (C=O) groups is 1. The molecule has 0 N–H and O–H groups in total. The van der Waals surface area contributed by atoms with Crippen LogP contribution in [0.2, 0.25) is 0 Å². The van der Waals surface area contributed by atoms with Gasteiger partial charge in [0.15, 0.2) is 0 Å². The predicted molar refractivity (Wildman–Crippen MR) is 107 cm³/mol. The summed E-state index contributed by atoms with van der Waals surface area (Å²) < 4.78 is 5.15. The van der Waals surface area contributed by atoms with Crippen molar-refractivity contribution in [2.75, 3.05) is 32.8 Å². The fourth-order valence-corrected chi connectivity index (χ4v) is 4.98. The lowest BCUT2D eigenvalue weighted by atomic mass is 10.00. The van der Waals surface area contributed by atoms with Gasteiger partial charge >= 0.3 is 6.09 Å². The molecular weight excluding hydrogens is 338 g/mol. The van der Waals surface area contributed by atoms with Crippen LogP contribution in [0.1, 0.15) is 39.0 Å². The molecule has 1 amide bonds. The Labute approximate surface area is 162 Å². The first-order valence-electron chi connectivity index (χ1n) is 10.4. The lowest BCUT2D eigenvalue weighted by molar-refractivity contribution is 0.0995. The molecule has 0 aromatic carbocycles. The number of likely N-dealkylation sites (tertiary alicyclic amines) is 2. The van der Waals surface area contributed by atoms with E-state index < -0.39 is 0 Å². The second-order valence-electron chi connectivity index (χ2n) is 7.93. The molecule has 0 aromatic heterocycles. The van der Waals surface area contributed by atoms with E-state index in [1.54, 1.807) is 0 Å². The molecule has 3 aliphatic heterocycles. The van der Waals surface area contributed by atoms with Crippen molar-refractivity contribution < 1.29 is 9.53 Å². The Hall–Kier alpha value is -2.01. The van der Waals surface area contributed by atoms with Gasteiger partial charge in [-0.15, -0.1) is 0 Å². The quantitative estimate of drug-likeness (QED) is 0.760. The van der Waals surface area contributed by atoms with E-state index in [0.717, 1.165) is 45.4 Å². The summed E-state index contributed by atoms with van der Waals surface area (Å²) in [5, 5.41) is 0. The van der Waals surface area contributed by atoms with E-state index in [9.17, 15) is 4.79 Å². The highest BCUT2D eigenvalue weighted by Crippen LogP contribution is 2.39. The monoisotopic (exact) mass is 369 g/mol. The minimum absolute atomic E-state index is 0.155. The topological polar surface area (TPSA) is 36.0 Å². The van der Waals surface area contributed by atoms with E-state index in [-0.39, 0.29) is 6.09 Å². The summed E-state index contributed by atoms with van der Waals surface area (Å²) in [5.41, 5.74) is 4.15. The summed E-state index contributed by atoms with van der Waals surface area (Å²) in [5.74, 6) is 0. The molecule has 1 atom stereocenters. The number of hydrogen-bond acceptors (Lipinski definition) is 4. The third-order valence-corrected chi connectivity index (χ3v) is 6.32. The largest absolute Gasteiger partial charge is 0.450 e. The first kappa shape index (κ1) is 18.4. The Morgan fingerprint density at radius 1 is 1.19 bits per heavy atom. The van der Waals surface area contributed by atoms with Crippen LogP contribution < -0.4 is 0 Å². The smallest absolute Gasteiger partial charge is 0.409 e. The van der Waals surface area contributed by atoms with Gasteiger partial charge in [0.25, 0.3) is 0 Å². The highest BCUT2D eigenvalue weighted by atomic mass is 16.6. The molecular formula is C22H31N3O2. The summed E-state index contributed by atoms with van der Waals surface area (Å²) in [4.78, 5) is 18.9. The van der Waals surface area contributed by atoms with Gasteiger partial charge < -0.3 is 14.5 Å². The molecule has 2 fully saturated rings. The maximum atomic E-state index is 12.0. The van der Waals surface area contributed by atoms with Crippen LogP contribution in [0.15, 0.2) is 47.9 Å². The molecule has 2 saturated heterocycles. The molecule has 1 unspecified atom stereocenters. The van der Waals surface area contributed by atoms with Gasteiger partial charge in [-0.1, -0.05) is 30.9 Å². The van der Waals surface area contributed by atoms with Crippen LogP contribution in [0.4, 0.5) is 4.79 Å². The molecule has 0 radical (unpaired) electrons. The van der Waals surface area contributed by atoms with Gasteiger partial charge in [-0.3, -0.25) is 4.90 Å². The third kappa shape index (κ3) is 3.70. The second kappa shape index (κ2) is 7.93. The second-order valence-corrected chi connectivity index (χ2v) is 7.93. The lowest BCUT2D eigenvalue weighted by Crippen LogP contribution is -2.48. The minimum Gasteiger partial charge on any atom is -0.450 e. The van der Waals surface area contributed by atoms with E-state index in [1.165, 1.54) is 29.8 Å². The lowest BCUT2D eigenvalue weighted by Gasteiger charge is -2.41. The zero-order chi connectivity index (χ0) is 18.8. The summed E-state index contributed by atoms with van der Waals surface area (Å²) in [6.45, 7) is 10.5. The summed E-state index contributed by atoms with van der Waals surface area (Å²) in [6.07, 6.45) is 14.0. The molecule has 27 heavy (non-hydrogen) atoms. The first-order valence-corrected chi connectivity index (χ1v) is 10.4. The van der Waals surface area contributed by atoms with Crippen LogP contribution >= 0.6 is 0 Å². The number of nitrogens with zero attached hydrogens (tertiary/aromatic N) is 3. The number of carbonyl (C=O) groups excluding carboxylic acids is 1. The molecule has 0 saturated carbocycles. The normalized spacial score (nSPS) is 26.7. The van der Waals surface area contributed by atoms with E-state index in [1.807, 2.05) is 11.8 Å². The van der Waals surface area contributed by atoms with Crippen molar-refractivity contribution >= 4 is 6.09 Å². The van der Waals surface area contributed by atoms with Crippen LogP contribution in [0, 0.1) is 0 Å². The molecule has 5 heteroatoms. The number of hydrogen-bond donors (Lipinski definition) is 0. The summed E-state index contributed by atoms with van der Waals surface area (Å²) in [7, 11) is 0. The maximum absolute atomic E-state index is 12.0. The molecule has 0 aromatic rings. The number of amides is 1. The average molecular weight is 370 g/mol. The van der Waals surface area contributed by atoms with Gasteiger partial charge in [-0.2, -0.15) is 0 Å². The minimum atomic E-state index is -0.155. The number of allylic oxidation sites excluding steroid dienone is 5. The Bertz CT molecular complexity index is 686. The Kier molecular flexibility index (Phi) is 5.39. The number of rotatable bonds is 3. The first-order chi connectivity index (χ1) is 13.2. The zero-order valence-electron chi connectivity index (χ0n) is 16.4. The van der Waals surface area contributed by atoms with Gasteiger partial charge in [0.1, 0.15) is 0 Å². The third-order valence-electron chi connectivity index (χ3n) is 6.32. The van der Waals surface area contributed by atoms with Crippen LogP contribution in [0.25, 0.3) is 0 Å². The SMILES string of the molecule is C=C1CC2=C(CC=CC=C2)N1C1CCN(C2CCN(C(=O)OCC)C2)CC1. The van der Waals surface area contributed by atoms with E-state index in [4.69, 9.17) is 4.74 Å². The standard InChI is InChI=1S/C22H31N3O2/c1-3-27-22(26)24-14-11-20(16-24)23-12-9-19(10-13-23)25-17(2)15-18-7-5-4-6-8-21(18)25/h4-7,19-20H,2-3,8-16H2,1H3. The van der Waals surface area contributed by atoms with Crippen LogP contribution in [-0.4, -0.2) is 65.7 Å². The summed E-state index contributed by atoms with van der Waals surface area (Å²) in [6, 6.07) is 1.04. The molecule has 1 aliphatic carbocycles. The molecule has 4 aliphatic rings. The Morgan fingerprint density at radius 3 is 2.74 bits per heavy atom. The molecule has 3 heterocycles. The van der Waals surface area contributed by atoms with Crippen molar-refractivity contribution in [2.45, 2.75) is 51.1 Å². The summed E-state index contributed by atoms with van der Waals surface area (Å²) >= 11 is 0. The van der Waals surface area contributed by atoms with E-state index >= 15 is 0 Å². The fourth-order valence-electron chi connectivity index (χ4n) is 4.98.